The quantitative estimate of drug-likeness (QED) is 0.0681. The SMILES string of the molecule is CC(C)C(NC(=O)C(CCCN=C(N)N)NC(=O)CN)C(=O)NC(CCCCN)C(=O)O. The van der Waals surface area contributed by atoms with Gasteiger partial charge in [0.1, 0.15) is 18.1 Å². The second-order valence-electron chi connectivity index (χ2n) is 7.69. The number of rotatable bonds is 16. The van der Waals surface area contributed by atoms with E-state index in [1.807, 2.05) is 0 Å². The lowest BCUT2D eigenvalue weighted by atomic mass is 10.0. The van der Waals surface area contributed by atoms with Crippen LogP contribution in [0.5, 0.6) is 0 Å². The summed E-state index contributed by atoms with van der Waals surface area (Å²) in [5.41, 5.74) is 21.3. The van der Waals surface area contributed by atoms with Crippen LogP contribution in [0, 0.1) is 5.92 Å². The summed E-state index contributed by atoms with van der Waals surface area (Å²) in [4.78, 5) is 52.6. The van der Waals surface area contributed by atoms with Crippen molar-refractivity contribution in [2.45, 2.75) is 64.1 Å². The van der Waals surface area contributed by atoms with Crippen LogP contribution in [0.4, 0.5) is 0 Å². The third-order valence-corrected chi connectivity index (χ3v) is 4.59. The van der Waals surface area contributed by atoms with Crippen LogP contribution in [0.3, 0.4) is 0 Å². The number of aliphatic carboxylic acids is 1. The van der Waals surface area contributed by atoms with E-state index >= 15 is 0 Å². The molecule has 3 amide bonds. The summed E-state index contributed by atoms with van der Waals surface area (Å²) >= 11 is 0. The zero-order valence-electron chi connectivity index (χ0n) is 18.8. The van der Waals surface area contributed by atoms with Crippen LogP contribution >= 0.6 is 0 Å². The molecule has 13 heteroatoms. The van der Waals surface area contributed by atoms with E-state index in [2.05, 4.69) is 20.9 Å². The van der Waals surface area contributed by atoms with Gasteiger partial charge in [-0.1, -0.05) is 13.8 Å². The number of nitrogens with two attached hydrogens (primary N) is 4. The van der Waals surface area contributed by atoms with Crippen molar-refractivity contribution in [2.75, 3.05) is 19.6 Å². The lowest BCUT2D eigenvalue weighted by Crippen LogP contribution is -2.57. The minimum Gasteiger partial charge on any atom is -0.480 e. The predicted octanol–water partition coefficient (Wildman–Crippen LogP) is -2.68. The Labute approximate surface area is 188 Å². The van der Waals surface area contributed by atoms with Gasteiger partial charge in [-0.05, 0) is 44.6 Å². The molecule has 0 aliphatic carbocycles. The summed E-state index contributed by atoms with van der Waals surface area (Å²) in [5, 5.41) is 17.0. The van der Waals surface area contributed by atoms with E-state index in [-0.39, 0.29) is 37.8 Å². The average Bonchev–Trinajstić information content (AvgIpc) is 2.72. The Morgan fingerprint density at radius 3 is 2.00 bits per heavy atom. The van der Waals surface area contributed by atoms with Crippen LogP contribution in [-0.2, 0) is 19.2 Å². The highest BCUT2D eigenvalue weighted by Crippen LogP contribution is 2.07. The van der Waals surface area contributed by atoms with Gasteiger partial charge in [0.05, 0.1) is 6.54 Å². The second kappa shape index (κ2) is 15.8. The first-order valence-corrected chi connectivity index (χ1v) is 10.6. The lowest BCUT2D eigenvalue weighted by Gasteiger charge is -2.26. The number of guanidine groups is 1. The minimum absolute atomic E-state index is 0.0898. The van der Waals surface area contributed by atoms with Gasteiger partial charge in [-0.3, -0.25) is 19.4 Å². The maximum absolute atomic E-state index is 12.8. The van der Waals surface area contributed by atoms with Crippen molar-refractivity contribution in [2.24, 2.45) is 33.8 Å². The lowest BCUT2D eigenvalue weighted by molar-refractivity contribution is -0.142. The third-order valence-electron chi connectivity index (χ3n) is 4.59. The van der Waals surface area contributed by atoms with Crippen LogP contribution in [0.25, 0.3) is 0 Å². The standard InChI is InChI=1S/C19H38N8O5/c1-11(2)15(17(30)26-13(18(31)32)6-3-4-8-20)27-16(29)12(25-14(28)10-21)7-5-9-24-19(22)23/h11-13,15H,3-10,20-21H2,1-2H3,(H,25,28)(H,26,30)(H,27,29)(H,31,32)(H4,22,23,24). The highest BCUT2D eigenvalue weighted by Gasteiger charge is 2.31. The predicted molar refractivity (Wildman–Crippen MR) is 120 cm³/mol. The van der Waals surface area contributed by atoms with Gasteiger partial charge in [-0.25, -0.2) is 4.79 Å². The van der Waals surface area contributed by atoms with E-state index in [0.29, 0.717) is 25.8 Å². The summed E-state index contributed by atoms with van der Waals surface area (Å²) in [6.45, 7) is 3.78. The number of carbonyl (C=O) groups is 4. The Balaban J connectivity index is 5.24. The van der Waals surface area contributed by atoms with Gasteiger partial charge in [0, 0.05) is 6.54 Å². The fourth-order valence-corrected chi connectivity index (χ4v) is 2.83. The maximum atomic E-state index is 12.8. The van der Waals surface area contributed by atoms with Crippen molar-refractivity contribution in [1.82, 2.24) is 16.0 Å². The van der Waals surface area contributed by atoms with Gasteiger partial charge in [0.25, 0.3) is 0 Å². The van der Waals surface area contributed by atoms with Crippen molar-refractivity contribution in [3.63, 3.8) is 0 Å². The van der Waals surface area contributed by atoms with Crippen molar-refractivity contribution in [1.29, 1.82) is 0 Å². The molecule has 0 heterocycles. The van der Waals surface area contributed by atoms with Crippen molar-refractivity contribution in [3.8, 4) is 0 Å². The first-order chi connectivity index (χ1) is 15.0. The van der Waals surface area contributed by atoms with Gasteiger partial charge < -0.3 is 44.0 Å². The molecule has 0 saturated heterocycles. The summed E-state index contributed by atoms with van der Waals surface area (Å²) in [7, 11) is 0. The van der Waals surface area contributed by atoms with E-state index in [4.69, 9.17) is 22.9 Å². The first-order valence-electron chi connectivity index (χ1n) is 10.6. The van der Waals surface area contributed by atoms with Crippen molar-refractivity contribution in [3.05, 3.63) is 0 Å². The second-order valence-corrected chi connectivity index (χ2v) is 7.69. The molecule has 0 aliphatic heterocycles. The number of carboxylic acid groups (broad SMARTS) is 1. The van der Waals surface area contributed by atoms with Crippen molar-refractivity contribution < 1.29 is 24.3 Å². The Bertz CT molecular complexity index is 652. The molecule has 0 rings (SSSR count). The zero-order chi connectivity index (χ0) is 24.7. The molecule has 0 aromatic heterocycles. The maximum Gasteiger partial charge on any atom is 0.326 e. The van der Waals surface area contributed by atoms with Gasteiger partial charge >= 0.3 is 5.97 Å². The van der Waals surface area contributed by atoms with Gasteiger partial charge in [-0.15, -0.1) is 0 Å². The molecule has 0 aliphatic rings. The number of amides is 3. The number of nitrogens with zero attached hydrogens (tertiary/aromatic N) is 1. The van der Waals surface area contributed by atoms with Crippen LogP contribution in [-0.4, -0.2) is 72.5 Å². The molecule has 0 saturated carbocycles. The molecule has 0 fully saturated rings. The van der Waals surface area contributed by atoms with Crippen LogP contribution in [0.1, 0.15) is 46.0 Å². The average molecular weight is 459 g/mol. The Hall–Kier alpha value is -2.93. The fourth-order valence-electron chi connectivity index (χ4n) is 2.83. The number of aliphatic imine (C=N–C) groups is 1. The summed E-state index contributed by atoms with van der Waals surface area (Å²) in [5.74, 6) is -3.36. The monoisotopic (exact) mass is 458 g/mol. The van der Waals surface area contributed by atoms with Crippen LogP contribution < -0.4 is 38.9 Å². The molecule has 184 valence electrons. The molecule has 32 heavy (non-hydrogen) atoms. The van der Waals surface area contributed by atoms with Crippen LogP contribution in [0.15, 0.2) is 4.99 Å². The topological polar surface area (TPSA) is 241 Å². The summed E-state index contributed by atoms with van der Waals surface area (Å²) in [6.07, 6.45) is 1.98. The molecular formula is C19H38N8O5. The molecule has 3 atom stereocenters. The molecule has 0 spiro atoms. The number of carboxylic acids is 1. The van der Waals surface area contributed by atoms with Crippen molar-refractivity contribution >= 4 is 29.7 Å². The van der Waals surface area contributed by atoms with E-state index in [1.165, 1.54) is 0 Å². The fraction of sp³-hybridized carbons (Fsp3) is 0.737. The minimum atomic E-state index is -1.17. The van der Waals surface area contributed by atoms with Gasteiger partial charge in [-0.2, -0.15) is 0 Å². The number of hydrogen-bond donors (Lipinski definition) is 8. The normalized spacial score (nSPS) is 13.5. The van der Waals surface area contributed by atoms with Gasteiger partial charge in [0.15, 0.2) is 5.96 Å². The highest BCUT2D eigenvalue weighted by atomic mass is 16.4. The first kappa shape index (κ1) is 29.1. The Kier molecular flexibility index (Phi) is 14.4. The molecule has 3 unspecified atom stereocenters. The van der Waals surface area contributed by atoms with E-state index in [9.17, 15) is 24.3 Å². The molecule has 0 radical (unpaired) electrons. The van der Waals surface area contributed by atoms with E-state index in [1.54, 1.807) is 13.8 Å². The van der Waals surface area contributed by atoms with Crippen LogP contribution in [0.2, 0.25) is 0 Å². The largest absolute Gasteiger partial charge is 0.480 e. The highest BCUT2D eigenvalue weighted by molar-refractivity contribution is 5.93. The molecule has 0 bridgehead atoms. The van der Waals surface area contributed by atoms with Gasteiger partial charge in [0.2, 0.25) is 17.7 Å². The third kappa shape index (κ3) is 12.1. The Morgan fingerprint density at radius 2 is 1.50 bits per heavy atom. The molecule has 12 N–H and O–H groups in total. The number of unbranched alkanes of at least 4 members (excludes halogenated alkanes) is 1. The molecule has 13 nitrogen and oxygen atoms in total. The number of hydrogen-bond acceptors (Lipinski definition) is 7. The van der Waals surface area contributed by atoms with E-state index < -0.39 is 41.8 Å². The number of carbonyl (C=O) groups excluding carboxylic acids is 3. The Morgan fingerprint density at radius 1 is 0.875 bits per heavy atom. The molecular weight excluding hydrogens is 420 g/mol. The zero-order valence-corrected chi connectivity index (χ0v) is 18.8. The summed E-state index contributed by atoms with van der Waals surface area (Å²) < 4.78 is 0. The number of nitrogens with one attached hydrogen (secondary N) is 3. The molecule has 0 aromatic carbocycles. The smallest absolute Gasteiger partial charge is 0.326 e. The summed E-state index contributed by atoms with van der Waals surface area (Å²) in [6, 6.07) is -3.07. The molecule has 0 aromatic rings. The van der Waals surface area contributed by atoms with E-state index in [0.717, 1.165) is 0 Å².